The molecule has 0 aromatic heterocycles. The largest absolute Gasteiger partial charge is 0.353 e. The van der Waals surface area contributed by atoms with Gasteiger partial charge in [-0.05, 0) is 0 Å². The SMILES string of the molecule is O=[N+]([O-])C1C=NCO1. The van der Waals surface area contributed by atoms with Crippen molar-refractivity contribution >= 4 is 6.21 Å². The molecule has 1 atom stereocenters. The minimum atomic E-state index is -1.00. The lowest BCUT2D eigenvalue weighted by molar-refractivity contribution is -0.548. The van der Waals surface area contributed by atoms with Gasteiger partial charge in [0.05, 0.1) is 4.92 Å². The normalized spacial score (nSPS) is 26.2. The smallest absolute Gasteiger partial charge is 0.290 e. The first-order valence-corrected chi connectivity index (χ1v) is 2.06. The van der Waals surface area contributed by atoms with Crippen LogP contribution in [0.15, 0.2) is 4.99 Å². The van der Waals surface area contributed by atoms with E-state index in [1.54, 1.807) is 0 Å². The van der Waals surface area contributed by atoms with Crippen molar-refractivity contribution in [3.63, 3.8) is 0 Å². The van der Waals surface area contributed by atoms with Crippen LogP contribution in [0.2, 0.25) is 0 Å². The van der Waals surface area contributed by atoms with Gasteiger partial charge in [-0.2, -0.15) is 0 Å². The van der Waals surface area contributed by atoms with E-state index in [1.807, 2.05) is 0 Å². The molecule has 0 spiro atoms. The van der Waals surface area contributed by atoms with Crippen LogP contribution in [0.3, 0.4) is 0 Å². The van der Waals surface area contributed by atoms with Crippen LogP contribution >= 0.6 is 0 Å². The van der Waals surface area contributed by atoms with E-state index in [1.165, 1.54) is 6.21 Å². The Labute approximate surface area is 45.1 Å². The van der Waals surface area contributed by atoms with Crippen LogP contribution in [0.5, 0.6) is 0 Å². The third-order valence-corrected chi connectivity index (χ3v) is 0.761. The van der Waals surface area contributed by atoms with Gasteiger partial charge in [0.25, 0.3) is 0 Å². The topological polar surface area (TPSA) is 64.7 Å². The Balaban J connectivity index is 2.48. The van der Waals surface area contributed by atoms with Crippen molar-refractivity contribution in [1.82, 2.24) is 0 Å². The predicted molar refractivity (Wildman–Crippen MR) is 25.2 cm³/mol. The van der Waals surface area contributed by atoms with Gasteiger partial charge in [0, 0.05) is 0 Å². The highest BCUT2D eigenvalue weighted by Gasteiger charge is 2.20. The molecule has 1 unspecified atom stereocenters. The van der Waals surface area contributed by atoms with Gasteiger partial charge in [0.15, 0.2) is 0 Å². The Kier molecular flexibility index (Phi) is 1.21. The van der Waals surface area contributed by atoms with Crippen LogP contribution in [-0.4, -0.2) is 24.1 Å². The predicted octanol–water partition coefficient (Wildman–Crippen LogP) is -0.352. The van der Waals surface area contributed by atoms with Crippen molar-refractivity contribution in [2.45, 2.75) is 6.23 Å². The molecule has 0 fully saturated rings. The first-order chi connectivity index (χ1) is 3.80. The van der Waals surface area contributed by atoms with Gasteiger partial charge in [-0.15, -0.1) is 0 Å². The zero-order chi connectivity index (χ0) is 5.98. The van der Waals surface area contributed by atoms with Gasteiger partial charge in [-0.25, -0.2) is 0 Å². The van der Waals surface area contributed by atoms with Crippen LogP contribution in [0.4, 0.5) is 0 Å². The summed E-state index contributed by atoms with van der Waals surface area (Å²) in [6, 6.07) is 0. The summed E-state index contributed by atoms with van der Waals surface area (Å²) in [4.78, 5) is 12.8. The highest BCUT2D eigenvalue weighted by atomic mass is 16.7. The van der Waals surface area contributed by atoms with Crippen LogP contribution < -0.4 is 0 Å². The monoisotopic (exact) mass is 116 g/mol. The molecule has 1 rings (SSSR count). The molecule has 0 amide bonds. The molecule has 0 bridgehead atoms. The van der Waals surface area contributed by atoms with E-state index in [0.717, 1.165) is 0 Å². The summed E-state index contributed by atoms with van der Waals surface area (Å²) in [5.74, 6) is 0. The van der Waals surface area contributed by atoms with Gasteiger partial charge in [-0.1, -0.05) is 0 Å². The van der Waals surface area contributed by atoms with E-state index < -0.39 is 11.2 Å². The Hall–Kier alpha value is -0.970. The summed E-state index contributed by atoms with van der Waals surface area (Å²) in [6.45, 7) is 0.117. The second-order valence-corrected chi connectivity index (χ2v) is 1.30. The Morgan fingerprint density at radius 3 is 3.00 bits per heavy atom. The molecule has 0 aromatic rings. The molecule has 8 heavy (non-hydrogen) atoms. The number of nitrogens with zero attached hydrogens (tertiary/aromatic N) is 2. The number of hydrogen-bond acceptors (Lipinski definition) is 4. The lowest BCUT2D eigenvalue weighted by Crippen LogP contribution is -2.19. The summed E-state index contributed by atoms with van der Waals surface area (Å²) in [5.41, 5.74) is 0. The number of hydrogen-bond donors (Lipinski definition) is 0. The first-order valence-electron chi connectivity index (χ1n) is 2.06. The van der Waals surface area contributed by atoms with E-state index in [-0.39, 0.29) is 6.73 Å². The summed E-state index contributed by atoms with van der Waals surface area (Å²) >= 11 is 0. The van der Waals surface area contributed by atoms with Gasteiger partial charge in [0.1, 0.15) is 12.9 Å². The van der Waals surface area contributed by atoms with Crippen LogP contribution in [-0.2, 0) is 4.74 Å². The molecule has 0 saturated carbocycles. The summed E-state index contributed by atoms with van der Waals surface area (Å²) < 4.78 is 4.49. The quantitative estimate of drug-likeness (QED) is 0.347. The molecule has 1 aliphatic rings. The Morgan fingerprint density at radius 1 is 2.00 bits per heavy atom. The molecule has 5 heteroatoms. The zero-order valence-corrected chi connectivity index (χ0v) is 3.98. The standard InChI is InChI=1S/C3H4N2O3/c6-5(7)3-1-4-2-8-3/h1,3H,2H2. The maximum atomic E-state index is 9.79. The minimum absolute atomic E-state index is 0.117. The lowest BCUT2D eigenvalue weighted by atomic mass is 10.7. The molecule has 0 aromatic carbocycles. The second kappa shape index (κ2) is 1.87. The lowest BCUT2D eigenvalue weighted by Gasteiger charge is -1.93. The highest BCUT2D eigenvalue weighted by Crippen LogP contribution is 1.96. The molecular weight excluding hydrogens is 112 g/mol. The molecule has 0 radical (unpaired) electrons. The van der Waals surface area contributed by atoms with E-state index >= 15 is 0 Å². The third kappa shape index (κ3) is 0.812. The minimum Gasteiger partial charge on any atom is -0.290 e. The second-order valence-electron chi connectivity index (χ2n) is 1.30. The van der Waals surface area contributed by atoms with Gasteiger partial charge in [-0.3, -0.25) is 19.8 Å². The average molecular weight is 116 g/mol. The number of nitro groups is 1. The fourth-order valence-corrected chi connectivity index (χ4v) is 0.411. The van der Waals surface area contributed by atoms with Gasteiger partial charge < -0.3 is 0 Å². The third-order valence-electron chi connectivity index (χ3n) is 0.761. The fraction of sp³-hybridized carbons (Fsp3) is 0.667. The van der Waals surface area contributed by atoms with E-state index in [2.05, 4.69) is 9.73 Å². The molecule has 0 N–H and O–H groups in total. The Morgan fingerprint density at radius 2 is 2.75 bits per heavy atom. The Bertz CT molecular complexity index is 132. The number of aliphatic imine (C=N–C) groups is 1. The van der Waals surface area contributed by atoms with Gasteiger partial charge in [0.2, 0.25) is 0 Å². The number of ether oxygens (including phenoxy) is 1. The van der Waals surface area contributed by atoms with Crippen molar-refractivity contribution in [2.75, 3.05) is 6.73 Å². The van der Waals surface area contributed by atoms with Gasteiger partial charge >= 0.3 is 6.23 Å². The van der Waals surface area contributed by atoms with Crippen LogP contribution in [0.25, 0.3) is 0 Å². The van der Waals surface area contributed by atoms with E-state index in [0.29, 0.717) is 0 Å². The van der Waals surface area contributed by atoms with E-state index in [9.17, 15) is 10.1 Å². The molecule has 0 aliphatic carbocycles. The van der Waals surface area contributed by atoms with Crippen LogP contribution in [0, 0.1) is 10.1 Å². The van der Waals surface area contributed by atoms with Crippen LogP contribution in [0.1, 0.15) is 0 Å². The molecular formula is C3H4N2O3. The van der Waals surface area contributed by atoms with Crippen molar-refractivity contribution in [3.05, 3.63) is 10.1 Å². The fourth-order valence-electron chi connectivity index (χ4n) is 0.411. The molecule has 1 heterocycles. The average Bonchev–Trinajstić information content (AvgIpc) is 2.12. The number of rotatable bonds is 1. The molecule has 1 aliphatic heterocycles. The molecule has 0 saturated heterocycles. The summed E-state index contributed by atoms with van der Waals surface area (Å²) in [7, 11) is 0. The van der Waals surface area contributed by atoms with Crippen molar-refractivity contribution < 1.29 is 9.66 Å². The summed E-state index contributed by atoms with van der Waals surface area (Å²) in [6.07, 6.45) is 0.176. The van der Waals surface area contributed by atoms with Crippen molar-refractivity contribution in [2.24, 2.45) is 4.99 Å². The highest BCUT2D eigenvalue weighted by molar-refractivity contribution is 5.62. The van der Waals surface area contributed by atoms with Crippen molar-refractivity contribution in [1.29, 1.82) is 0 Å². The summed E-state index contributed by atoms with van der Waals surface area (Å²) in [5, 5.41) is 9.79. The molecule has 5 nitrogen and oxygen atoms in total. The first kappa shape index (κ1) is 5.17. The maximum Gasteiger partial charge on any atom is 0.353 e. The zero-order valence-electron chi connectivity index (χ0n) is 3.98. The van der Waals surface area contributed by atoms with Crippen molar-refractivity contribution in [3.8, 4) is 0 Å². The molecule has 44 valence electrons. The van der Waals surface area contributed by atoms with E-state index in [4.69, 9.17) is 0 Å². The maximum absolute atomic E-state index is 9.79.